The lowest BCUT2D eigenvalue weighted by atomic mass is 9.95. The Balaban J connectivity index is 3.83. The summed E-state index contributed by atoms with van der Waals surface area (Å²) in [5.74, 6) is 0.566. The molecule has 0 amide bonds. The molecule has 1 unspecified atom stereocenters. The lowest BCUT2D eigenvalue weighted by Crippen LogP contribution is -2.07. The van der Waals surface area contributed by atoms with Crippen molar-refractivity contribution in [3.63, 3.8) is 0 Å². The van der Waals surface area contributed by atoms with E-state index in [0.717, 1.165) is 38.5 Å². The number of carbonyl (C=O) groups is 1. The van der Waals surface area contributed by atoms with Crippen molar-refractivity contribution in [2.24, 2.45) is 10.9 Å². The summed E-state index contributed by atoms with van der Waals surface area (Å²) in [5.41, 5.74) is 0. The number of aliphatic imine (C=N–C) groups is 1. The number of hydrogen-bond donors (Lipinski definition) is 0. The van der Waals surface area contributed by atoms with E-state index < -0.39 is 0 Å². The summed E-state index contributed by atoms with van der Waals surface area (Å²) in [7, 11) is 0. The second kappa shape index (κ2) is 14.5. The molecule has 0 aliphatic carbocycles. The molecule has 0 aromatic carbocycles. The van der Waals surface area contributed by atoms with Crippen LogP contribution in [-0.2, 0) is 14.3 Å². The third kappa shape index (κ3) is 12.8. The average molecular weight is 292 g/mol. The van der Waals surface area contributed by atoms with Gasteiger partial charge in [0.1, 0.15) is 12.4 Å². The van der Waals surface area contributed by atoms with Crippen LogP contribution in [0.3, 0.4) is 0 Å². The van der Waals surface area contributed by atoms with Crippen LogP contribution in [0.5, 0.6) is 0 Å². The lowest BCUT2D eigenvalue weighted by molar-refractivity contribution is -0.119. The van der Waals surface area contributed by atoms with E-state index in [9.17, 15) is 9.59 Å². The van der Waals surface area contributed by atoms with Gasteiger partial charge in [0, 0.05) is 12.8 Å². The molecule has 0 saturated heterocycles. The van der Waals surface area contributed by atoms with Gasteiger partial charge in [-0.25, -0.2) is 9.79 Å². The third-order valence-electron chi connectivity index (χ3n) is 3.28. The summed E-state index contributed by atoms with van der Waals surface area (Å²) in [6, 6.07) is 0. The minimum atomic E-state index is 0.278. The first-order valence-corrected chi connectivity index (χ1v) is 7.41. The molecule has 0 aromatic rings. The highest BCUT2D eigenvalue weighted by Gasteiger charge is 2.09. The highest BCUT2D eigenvalue weighted by Crippen LogP contribution is 2.17. The SMILES string of the molecule is C=CCCC(=O)CCCCC(CCCOC#N)CN=C=O. The molecule has 21 heavy (non-hydrogen) atoms. The normalized spacial score (nSPS) is 11.0. The van der Waals surface area contributed by atoms with E-state index in [-0.39, 0.29) is 11.7 Å². The number of carbonyl (C=O) groups excluding carboxylic acids is 2. The number of allylic oxidation sites excluding steroid dienone is 1. The molecule has 0 fully saturated rings. The zero-order valence-electron chi connectivity index (χ0n) is 12.6. The predicted molar refractivity (Wildman–Crippen MR) is 80.2 cm³/mol. The number of rotatable bonds is 14. The molecule has 5 heteroatoms. The van der Waals surface area contributed by atoms with Crippen LogP contribution in [0.1, 0.15) is 51.4 Å². The quantitative estimate of drug-likeness (QED) is 0.162. The maximum atomic E-state index is 11.5. The largest absolute Gasteiger partial charge is 0.428 e. The number of isocyanates is 1. The molecule has 0 radical (unpaired) electrons. The molecule has 0 aliphatic rings. The molecular weight excluding hydrogens is 268 g/mol. The Labute approximate surface area is 126 Å². The molecule has 0 spiro atoms. The zero-order chi connectivity index (χ0) is 15.8. The van der Waals surface area contributed by atoms with E-state index in [2.05, 4.69) is 16.3 Å². The monoisotopic (exact) mass is 292 g/mol. The van der Waals surface area contributed by atoms with Gasteiger partial charge in [-0.2, -0.15) is 5.26 Å². The van der Waals surface area contributed by atoms with Gasteiger partial charge in [0.05, 0.1) is 6.54 Å². The molecule has 0 saturated carbocycles. The molecule has 0 N–H and O–H groups in total. The van der Waals surface area contributed by atoms with Crippen molar-refractivity contribution in [1.29, 1.82) is 5.26 Å². The van der Waals surface area contributed by atoms with E-state index in [1.807, 2.05) is 0 Å². The maximum absolute atomic E-state index is 11.5. The fourth-order valence-electron chi connectivity index (χ4n) is 2.13. The van der Waals surface area contributed by atoms with Crippen molar-refractivity contribution in [2.75, 3.05) is 13.2 Å². The second-order valence-electron chi connectivity index (χ2n) is 4.99. The van der Waals surface area contributed by atoms with E-state index in [0.29, 0.717) is 26.0 Å². The van der Waals surface area contributed by atoms with Gasteiger partial charge in [0.15, 0.2) is 0 Å². The summed E-state index contributed by atoms with van der Waals surface area (Å²) in [4.78, 5) is 25.3. The number of nitriles is 1. The van der Waals surface area contributed by atoms with Crippen LogP contribution in [-0.4, -0.2) is 25.0 Å². The Kier molecular flexibility index (Phi) is 13.2. The standard InChI is InChI=1S/C16H24N2O3/c1-2-3-9-16(20)10-5-4-7-15(12-18-14-19)8-6-11-21-13-17/h2,15H,1,3-12H2. The summed E-state index contributed by atoms with van der Waals surface area (Å²) in [6.45, 7) is 4.46. The number of hydrogen-bond acceptors (Lipinski definition) is 5. The van der Waals surface area contributed by atoms with Gasteiger partial charge in [0.25, 0.3) is 6.26 Å². The summed E-state index contributed by atoms with van der Waals surface area (Å²) >= 11 is 0. The fourth-order valence-corrected chi connectivity index (χ4v) is 2.13. The zero-order valence-corrected chi connectivity index (χ0v) is 12.6. The first kappa shape index (κ1) is 19.1. The van der Waals surface area contributed by atoms with E-state index in [4.69, 9.17) is 5.26 Å². The first-order valence-electron chi connectivity index (χ1n) is 7.41. The second-order valence-corrected chi connectivity index (χ2v) is 4.99. The van der Waals surface area contributed by atoms with Crippen molar-refractivity contribution >= 4 is 11.9 Å². The van der Waals surface area contributed by atoms with Gasteiger partial charge >= 0.3 is 0 Å². The molecule has 0 rings (SSSR count). The van der Waals surface area contributed by atoms with Crippen LogP contribution in [0.2, 0.25) is 0 Å². The third-order valence-corrected chi connectivity index (χ3v) is 3.28. The first-order chi connectivity index (χ1) is 10.2. The van der Waals surface area contributed by atoms with Crippen molar-refractivity contribution in [3.8, 4) is 6.26 Å². The van der Waals surface area contributed by atoms with Crippen LogP contribution >= 0.6 is 0 Å². The Hall–Kier alpha value is -1.92. The topological polar surface area (TPSA) is 79.5 Å². The molecule has 5 nitrogen and oxygen atoms in total. The van der Waals surface area contributed by atoms with Gasteiger partial charge in [-0.3, -0.25) is 4.79 Å². The molecule has 1 atom stereocenters. The van der Waals surface area contributed by atoms with Crippen LogP contribution < -0.4 is 0 Å². The lowest BCUT2D eigenvalue weighted by Gasteiger charge is -2.13. The van der Waals surface area contributed by atoms with Crippen molar-refractivity contribution in [3.05, 3.63) is 12.7 Å². The minimum Gasteiger partial charge on any atom is -0.428 e. The Morgan fingerprint density at radius 2 is 2.05 bits per heavy atom. The highest BCUT2D eigenvalue weighted by molar-refractivity contribution is 5.78. The minimum absolute atomic E-state index is 0.278. The van der Waals surface area contributed by atoms with E-state index >= 15 is 0 Å². The van der Waals surface area contributed by atoms with Gasteiger partial charge in [-0.1, -0.05) is 12.5 Å². The Bertz CT molecular complexity index is 381. The van der Waals surface area contributed by atoms with Gasteiger partial charge < -0.3 is 4.74 Å². The Morgan fingerprint density at radius 3 is 2.71 bits per heavy atom. The van der Waals surface area contributed by atoms with Crippen LogP contribution in [0.25, 0.3) is 0 Å². The van der Waals surface area contributed by atoms with E-state index in [1.54, 1.807) is 18.4 Å². The average Bonchev–Trinajstić information content (AvgIpc) is 2.50. The van der Waals surface area contributed by atoms with Crippen molar-refractivity contribution in [2.45, 2.75) is 51.4 Å². The van der Waals surface area contributed by atoms with Crippen LogP contribution in [0.15, 0.2) is 17.6 Å². The highest BCUT2D eigenvalue weighted by atomic mass is 16.5. The van der Waals surface area contributed by atoms with Crippen molar-refractivity contribution < 1.29 is 14.3 Å². The summed E-state index contributed by atoms with van der Waals surface area (Å²) in [5, 5.41) is 8.28. The predicted octanol–water partition coefficient (Wildman–Crippen LogP) is 3.31. The molecule has 0 heterocycles. The summed E-state index contributed by atoms with van der Waals surface area (Å²) < 4.78 is 4.63. The summed E-state index contributed by atoms with van der Waals surface area (Å²) in [6.07, 6.45) is 11.2. The fraction of sp³-hybridized carbons (Fsp3) is 0.688. The van der Waals surface area contributed by atoms with Crippen LogP contribution in [0.4, 0.5) is 0 Å². The molecular formula is C16H24N2O3. The molecule has 0 aromatic heterocycles. The number of unbranched alkanes of at least 4 members (excludes halogenated alkanes) is 1. The van der Waals surface area contributed by atoms with Gasteiger partial charge in [-0.15, -0.1) is 6.58 Å². The molecule has 0 bridgehead atoms. The smallest absolute Gasteiger partial charge is 0.286 e. The van der Waals surface area contributed by atoms with Crippen LogP contribution in [0, 0.1) is 17.4 Å². The van der Waals surface area contributed by atoms with Crippen molar-refractivity contribution in [1.82, 2.24) is 0 Å². The molecule has 116 valence electrons. The van der Waals surface area contributed by atoms with E-state index in [1.165, 1.54) is 0 Å². The molecule has 0 aliphatic heterocycles. The number of ether oxygens (including phenoxy) is 1. The van der Waals surface area contributed by atoms with Gasteiger partial charge in [0.2, 0.25) is 6.08 Å². The Morgan fingerprint density at radius 1 is 1.29 bits per heavy atom. The number of nitrogens with zero attached hydrogens (tertiary/aromatic N) is 2. The van der Waals surface area contributed by atoms with Gasteiger partial charge in [-0.05, 0) is 38.0 Å². The number of Topliss-reactive ketones (excluding diaryl/α,β-unsaturated/α-hetero) is 1. The maximum Gasteiger partial charge on any atom is 0.286 e. The number of ketones is 1.